The van der Waals surface area contributed by atoms with E-state index in [1.165, 1.54) is 15.1 Å². The number of rotatable bonds is 3. The molecule has 0 amide bonds. The van der Waals surface area contributed by atoms with Gasteiger partial charge in [0.25, 0.3) is 0 Å². The first-order valence-corrected chi connectivity index (χ1v) is 6.23. The van der Waals surface area contributed by atoms with Crippen molar-refractivity contribution in [3.63, 3.8) is 0 Å². The number of anilines is 1. The highest BCUT2D eigenvalue weighted by molar-refractivity contribution is 5.95. The standard InChI is InChI=1S/C14H12N4O3/c15-10-5-3-4-9(12(10)13(19)20)8-18-14(21)17-7-2-1-6-11(17)16-18/h1-7H,8,15H2,(H,19,20). The molecular weight excluding hydrogens is 272 g/mol. The van der Waals surface area contributed by atoms with Crippen molar-refractivity contribution in [1.82, 2.24) is 14.2 Å². The van der Waals surface area contributed by atoms with E-state index in [2.05, 4.69) is 5.10 Å². The number of aromatic nitrogens is 3. The van der Waals surface area contributed by atoms with Crippen molar-refractivity contribution in [1.29, 1.82) is 0 Å². The molecule has 21 heavy (non-hydrogen) atoms. The number of aromatic carboxylic acids is 1. The molecule has 0 fully saturated rings. The van der Waals surface area contributed by atoms with Crippen molar-refractivity contribution >= 4 is 17.3 Å². The zero-order valence-corrected chi connectivity index (χ0v) is 10.9. The van der Waals surface area contributed by atoms with E-state index in [1.54, 1.807) is 36.5 Å². The predicted molar refractivity (Wildman–Crippen MR) is 76.4 cm³/mol. The van der Waals surface area contributed by atoms with Gasteiger partial charge in [-0.15, -0.1) is 5.10 Å². The lowest BCUT2D eigenvalue weighted by Crippen LogP contribution is -2.22. The van der Waals surface area contributed by atoms with E-state index in [1.807, 2.05) is 0 Å². The first-order valence-electron chi connectivity index (χ1n) is 6.23. The molecule has 3 rings (SSSR count). The van der Waals surface area contributed by atoms with Crippen LogP contribution in [-0.4, -0.2) is 25.3 Å². The second-order valence-corrected chi connectivity index (χ2v) is 4.56. The topological polar surface area (TPSA) is 103 Å². The maximum atomic E-state index is 12.2. The molecule has 0 bridgehead atoms. The Morgan fingerprint density at radius 3 is 2.76 bits per heavy atom. The minimum Gasteiger partial charge on any atom is -0.478 e. The van der Waals surface area contributed by atoms with Crippen LogP contribution in [0.15, 0.2) is 47.4 Å². The lowest BCUT2D eigenvalue weighted by molar-refractivity contribution is 0.0696. The molecule has 0 aliphatic rings. The monoisotopic (exact) mass is 284 g/mol. The molecule has 3 aromatic rings. The van der Waals surface area contributed by atoms with E-state index in [0.29, 0.717) is 11.2 Å². The average Bonchev–Trinajstić information content (AvgIpc) is 2.76. The number of benzene rings is 1. The molecule has 0 aliphatic heterocycles. The van der Waals surface area contributed by atoms with Gasteiger partial charge in [-0.1, -0.05) is 18.2 Å². The second-order valence-electron chi connectivity index (χ2n) is 4.56. The number of hydrogen-bond acceptors (Lipinski definition) is 4. The fourth-order valence-electron chi connectivity index (χ4n) is 2.25. The highest BCUT2D eigenvalue weighted by atomic mass is 16.4. The van der Waals surface area contributed by atoms with Crippen LogP contribution in [0.2, 0.25) is 0 Å². The summed E-state index contributed by atoms with van der Waals surface area (Å²) >= 11 is 0. The lowest BCUT2D eigenvalue weighted by atomic mass is 10.1. The fourth-order valence-corrected chi connectivity index (χ4v) is 2.25. The van der Waals surface area contributed by atoms with Crippen LogP contribution in [0.25, 0.3) is 5.65 Å². The summed E-state index contributed by atoms with van der Waals surface area (Å²) in [7, 11) is 0. The van der Waals surface area contributed by atoms with Crippen molar-refractivity contribution < 1.29 is 9.90 Å². The van der Waals surface area contributed by atoms with Crippen LogP contribution in [0.4, 0.5) is 5.69 Å². The van der Waals surface area contributed by atoms with Crippen LogP contribution >= 0.6 is 0 Å². The summed E-state index contributed by atoms with van der Waals surface area (Å²) in [5, 5.41) is 13.4. The molecule has 0 saturated heterocycles. The summed E-state index contributed by atoms with van der Waals surface area (Å²) < 4.78 is 2.61. The first kappa shape index (κ1) is 12.9. The Kier molecular flexibility index (Phi) is 2.94. The van der Waals surface area contributed by atoms with Crippen LogP contribution in [-0.2, 0) is 6.54 Å². The Morgan fingerprint density at radius 2 is 2.05 bits per heavy atom. The Morgan fingerprint density at radius 1 is 1.24 bits per heavy atom. The third-order valence-corrected chi connectivity index (χ3v) is 3.21. The molecule has 0 unspecified atom stereocenters. The zero-order chi connectivity index (χ0) is 15.0. The van der Waals surface area contributed by atoms with E-state index in [-0.39, 0.29) is 23.5 Å². The molecule has 2 aromatic heterocycles. The quantitative estimate of drug-likeness (QED) is 0.693. The van der Waals surface area contributed by atoms with E-state index in [0.717, 1.165) is 0 Å². The molecule has 0 radical (unpaired) electrons. The van der Waals surface area contributed by atoms with E-state index >= 15 is 0 Å². The molecule has 0 saturated carbocycles. The smallest absolute Gasteiger partial charge is 0.350 e. The number of carbonyl (C=O) groups is 1. The number of pyridine rings is 1. The number of fused-ring (bicyclic) bond motifs is 1. The molecule has 0 atom stereocenters. The Balaban J connectivity index is 2.11. The largest absolute Gasteiger partial charge is 0.478 e. The number of nitrogens with two attached hydrogens (primary N) is 1. The van der Waals surface area contributed by atoms with Gasteiger partial charge in [-0.3, -0.25) is 4.40 Å². The molecule has 7 nitrogen and oxygen atoms in total. The molecular formula is C14H12N4O3. The van der Waals surface area contributed by atoms with Crippen LogP contribution in [0, 0.1) is 0 Å². The van der Waals surface area contributed by atoms with Crippen molar-refractivity contribution in [2.24, 2.45) is 0 Å². The van der Waals surface area contributed by atoms with Gasteiger partial charge in [-0.25, -0.2) is 14.3 Å². The summed E-state index contributed by atoms with van der Waals surface area (Å²) in [6, 6.07) is 9.99. The van der Waals surface area contributed by atoms with Gasteiger partial charge in [0.05, 0.1) is 12.1 Å². The lowest BCUT2D eigenvalue weighted by Gasteiger charge is -2.07. The van der Waals surface area contributed by atoms with Gasteiger partial charge in [0, 0.05) is 11.9 Å². The number of carboxylic acid groups (broad SMARTS) is 1. The van der Waals surface area contributed by atoms with Gasteiger partial charge in [0.15, 0.2) is 5.65 Å². The van der Waals surface area contributed by atoms with Crippen LogP contribution in [0.3, 0.4) is 0 Å². The minimum absolute atomic E-state index is 0.00135. The normalized spacial score (nSPS) is 10.9. The van der Waals surface area contributed by atoms with E-state index in [9.17, 15) is 14.7 Å². The molecule has 106 valence electrons. The second kappa shape index (κ2) is 4.78. The first-order chi connectivity index (χ1) is 10.1. The summed E-state index contributed by atoms with van der Waals surface area (Å²) in [6.45, 7) is 0.0488. The number of hydrogen-bond donors (Lipinski definition) is 2. The third-order valence-electron chi connectivity index (χ3n) is 3.21. The highest BCUT2D eigenvalue weighted by Crippen LogP contribution is 2.17. The SMILES string of the molecule is Nc1cccc(Cn2nc3ccccn3c2=O)c1C(=O)O. The molecule has 0 aliphatic carbocycles. The summed E-state index contributed by atoms with van der Waals surface area (Å²) in [5.41, 5.74) is 6.47. The Hall–Kier alpha value is -3.09. The van der Waals surface area contributed by atoms with Gasteiger partial charge in [0.2, 0.25) is 0 Å². The predicted octanol–water partition coefficient (Wildman–Crippen LogP) is 0.825. The maximum absolute atomic E-state index is 12.2. The van der Waals surface area contributed by atoms with Crippen molar-refractivity contribution in [3.05, 3.63) is 64.2 Å². The molecule has 1 aromatic carbocycles. The highest BCUT2D eigenvalue weighted by Gasteiger charge is 2.15. The summed E-state index contributed by atoms with van der Waals surface area (Å²) in [4.78, 5) is 23.5. The number of nitrogens with zero attached hydrogens (tertiary/aromatic N) is 3. The molecule has 2 heterocycles. The third kappa shape index (κ3) is 2.14. The van der Waals surface area contributed by atoms with Gasteiger partial charge in [0.1, 0.15) is 0 Å². The number of carboxylic acids is 1. The van der Waals surface area contributed by atoms with Crippen LogP contribution in [0.5, 0.6) is 0 Å². The number of nitrogen functional groups attached to an aromatic ring is 1. The van der Waals surface area contributed by atoms with Gasteiger partial charge in [-0.05, 0) is 23.8 Å². The fraction of sp³-hybridized carbons (Fsp3) is 0.0714. The van der Waals surface area contributed by atoms with Gasteiger partial charge >= 0.3 is 11.7 Å². The maximum Gasteiger partial charge on any atom is 0.350 e. The zero-order valence-electron chi connectivity index (χ0n) is 10.9. The minimum atomic E-state index is -1.13. The van der Waals surface area contributed by atoms with Crippen LogP contribution < -0.4 is 11.4 Å². The van der Waals surface area contributed by atoms with E-state index in [4.69, 9.17) is 5.73 Å². The Labute approximate surface area is 118 Å². The molecule has 3 N–H and O–H groups in total. The Bertz CT molecular complexity index is 895. The molecule has 7 heteroatoms. The van der Waals surface area contributed by atoms with Crippen molar-refractivity contribution in [2.75, 3.05) is 5.73 Å². The van der Waals surface area contributed by atoms with Crippen LogP contribution in [0.1, 0.15) is 15.9 Å². The van der Waals surface area contributed by atoms with Gasteiger partial charge < -0.3 is 10.8 Å². The van der Waals surface area contributed by atoms with Gasteiger partial charge in [-0.2, -0.15) is 0 Å². The summed E-state index contributed by atoms with van der Waals surface area (Å²) in [6.07, 6.45) is 1.61. The molecule has 0 spiro atoms. The summed E-state index contributed by atoms with van der Waals surface area (Å²) in [5.74, 6) is -1.13. The van der Waals surface area contributed by atoms with Crippen molar-refractivity contribution in [2.45, 2.75) is 6.54 Å². The van der Waals surface area contributed by atoms with Crippen molar-refractivity contribution in [3.8, 4) is 0 Å². The van der Waals surface area contributed by atoms with E-state index < -0.39 is 5.97 Å². The average molecular weight is 284 g/mol.